The molecule has 1 fully saturated rings. The Morgan fingerprint density at radius 2 is 1.84 bits per heavy atom. The van der Waals surface area contributed by atoms with Crippen molar-refractivity contribution in [3.63, 3.8) is 0 Å². The van der Waals surface area contributed by atoms with Crippen molar-refractivity contribution in [1.82, 2.24) is 15.3 Å². The molecule has 3 aromatic rings. The number of nitrogens with zero attached hydrogens (tertiary/aromatic N) is 2. The number of rotatable bonds is 3. The van der Waals surface area contributed by atoms with E-state index in [0.29, 0.717) is 23.2 Å². The molecule has 1 aliphatic heterocycles. The molecule has 130 valence electrons. The first-order chi connectivity index (χ1) is 11.8. The van der Waals surface area contributed by atoms with Crippen LogP contribution in [0.25, 0.3) is 22.2 Å². The zero-order valence-electron chi connectivity index (χ0n) is 13.7. The molecule has 0 aliphatic carbocycles. The maximum absolute atomic E-state index is 14.3. The zero-order valence-corrected chi connectivity index (χ0v) is 14.5. The minimum Gasteiger partial charge on any atom is -0.350 e. The van der Waals surface area contributed by atoms with Crippen LogP contribution in [-0.2, 0) is 0 Å². The number of halogens is 2. The summed E-state index contributed by atoms with van der Waals surface area (Å²) in [6, 6.07) is 14.8. The Kier molecular flexibility index (Phi) is 5.46. The van der Waals surface area contributed by atoms with E-state index in [9.17, 15) is 4.39 Å². The third kappa shape index (κ3) is 3.72. The minimum atomic E-state index is -0.272. The van der Waals surface area contributed by atoms with Gasteiger partial charge in [0.15, 0.2) is 0 Å². The number of nitrogens with one attached hydrogen (secondary N) is 2. The molecule has 2 N–H and O–H groups in total. The van der Waals surface area contributed by atoms with Gasteiger partial charge < -0.3 is 10.6 Å². The minimum absolute atomic E-state index is 0. The highest BCUT2D eigenvalue weighted by molar-refractivity contribution is 5.93. The summed E-state index contributed by atoms with van der Waals surface area (Å²) in [5.74, 6) is 0.285. The Labute approximate surface area is 152 Å². The molecule has 0 unspecified atom stereocenters. The molecule has 2 heterocycles. The molecule has 0 bridgehead atoms. The third-order valence-corrected chi connectivity index (χ3v) is 4.36. The number of hydrogen-bond donors (Lipinski definition) is 2. The van der Waals surface area contributed by atoms with E-state index in [2.05, 4.69) is 20.6 Å². The SMILES string of the molecule is Cl.Fc1ccccc1-c1nc(N[C@H]2CCCNC2)nc2ccccc12. The van der Waals surface area contributed by atoms with Gasteiger partial charge in [0.05, 0.1) is 11.2 Å². The molecule has 4 nitrogen and oxygen atoms in total. The van der Waals surface area contributed by atoms with E-state index in [1.165, 1.54) is 6.07 Å². The quantitative estimate of drug-likeness (QED) is 0.742. The lowest BCUT2D eigenvalue weighted by Gasteiger charge is -2.24. The van der Waals surface area contributed by atoms with Gasteiger partial charge in [-0.3, -0.25) is 0 Å². The second kappa shape index (κ2) is 7.76. The van der Waals surface area contributed by atoms with Crippen molar-refractivity contribution in [3.05, 3.63) is 54.3 Å². The van der Waals surface area contributed by atoms with Crippen LogP contribution >= 0.6 is 12.4 Å². The van der Waals surface area contributed by atoms with Crippen molar-refractivity contribution in [2.45, 2.75) is 18.9 Å². The van der Waals surface area contributed by atoms with Gasteiger partial charge in [0.25, 0.3) is 0 Å². The smallest absolute Gasteiger partial charge is 0.224 e. The van der Waals surface area contributed by atoms with E-state index < -0.39 is 0 Å². The average Bonchev–Trinajstić information content (AvgIpc) is 2.62. The number of benzene rings is 2. The molecule has 1 aromatic heterocycles. The summed E-state index contributed by atoms with van der Waals surface area (Å²) in [5, 5.41) is 7.62. The van der Waals surface area contributed by atoms with Crippen LogP contribution in [0.4, 0.5) is 10.3 Å². The lowest BCUT2D eigenvalue weighted by Crippen LogP contribution is -2.38. The van der Waals surface area contributed by atoms with Crippen LogP contribution in [0.1, 0.15) is 12.8 Å². The molecular formula is C19H20ClFN4. The summed E-state index contributed by atoms with van der Waals surface area (Å²) in [7, 11) is 0. The number of aromatic nitrogens is 2. The lowest BCUT2D eigenvalue weighted by atomic mass is 10.1. The predicted molar refractivity (Wildman–Crippen MR) is 102 cm³/mol. The Morgan fingerprint density at radius 1 is 1.04 bits per heavy atom. The molecule has 4 rings (SSSR count). The highest BCUT2D eigenvalue weighted by Gasteiger charge is 2.17. The number of piperidine rings is 1. The van der Waals surface area contributed by atoms with Crippen LogP contribution in [0.2, 0.25) is 0 Å². The van der Waals surface area contributed by atoms with Crippen molar-refractivity contribution < 1.29 is 4.39 Å². The Morgan fingerprint density at radius 3 is 2.64 bits per heavy atom. The number of fused-ring (bicyclic) bond motifs is 1. The fraction of sp³-hybridized carbons (Fsp3) is 0.263. The summed E-state index contributed by atoms with van der Waals surface area (Å²) < 4.78 is 14.3. The van der Waals surface area contributed by atoms with Gasteiger partial charge in [-0.1, -0.05) is 30.3 Å². The highest BCUT2D eigenvalue weighted by Crippen LogP contribution is 2.29. The number of anilines is 1. The van der Waals surface area contributed by atoms with Crippen molar-refractivity contribution in [3.8, 4) is 11.3 Å². The molecular weight excluding hydrogens is 339 g/mol. The monoisotopic (exact) mass is 358 g/mol. The van der Waals surface area contributed by atoms with Crippen LogP contribution < -0.4 is 10.6 Å². The van der Waals surface area contributed by atoms with E-state index in [0.717, 1.165) is 36.8 Å². The predicted octanol–water partition coefficient (Wildman–Crippen LogP) is 4.02. The normalized spacial score (nSPS) is 17.1. The molecule has 1 atom stereocenters. The molecule has 0 spiro atoms. The van der Waals surface area contributed by atoms with Gasteiger partial charge in [-0.05, 0) is 37.6 Å². The summed E-state index contributed by atoms with van der Waals surface area (Å²) in [6.07, 6.45) is 2.21. The van der Waals surface area contributed by atoms with Crippen LogP contribution in [0.3, 0.4) is 0 Å². The largest absolute Gasteiger partial charge is 0.350 e. The van der Waals surface area contributed by atoms with Crippen molar-refractivity contribution in [2.24, 2.45) is 0 Å². The number of hydrogen-bond acceptors (Lipinski definition) is 4. The third-order valence-electron chi connectivity index (χ3n) is 4.36. The maximum Gasteiger partial charge on any atom is 0.224 e. The summed E-state index contributed by atoms with van der Waals surface area (Å²) >= 11 is 0. The van der Waals surface area contributed by atoms with E-state index >= 15 is 0 Å². The van der Waals surface area contributed by atoms with Crippen LogP contribution in [0, 0.1) is 5.82 Å². The molecule has 1 aliphatic rings. The summed E-state index contributed by atoms with van der Waals surface area (Å²) in [4.78, 5) is 9.25. The Bertz CT molecular complexity index is 865. The first-order valence-corrected chi connectivity index (χ1v) is 8.30. The van der Waals surface area contributed by atoms with Gasteiger partial charge in [0.1, 0.15) is 5.82 Å². The van der Waals surface area contributed by atoms with Crippen molar-refractivity contribution in [1.29, 1.82) is 0 Å². The van der Waals surface area contributed by atoms with E-state index in [1.807, 2.05) is 30.3 Å². The summed E-state index contributed by atoms with van der Waals surface area (Å²) in [5.41, 5.74) is 1.95. The summed E-state index contributed by atoms with van der Waals surface area (Å²) in [6.45, 7) is 1.95. The van der Waals surface area contributed by atoms with Gasteiger partial charge in [-0.15, -0.1) is 12.4 Å². The van der Waals surface area contributed by atoms with Gasteiger partial charge >= 0.3 is 0 Å². The van der Waals surface area contributed by atoms with Gasteiger partial charge in [0.2, 0.25) is 5.95 Å². The van der Waals surface area contributed by atoms with Crippen LogP contribution in [0.15, 0.2) is 48.5 Å². The highest BCUT2D eigenvalue weighted by atomic mass is 35.5. The molecule has 0 radical (unpaired) electrons. The topological polar surface area (TPSA) is 49.8 Å². The first kappa shape index (κ1) is 17.6. The van der Waals surface area contributed by atoms with Crippen molar-refractivity contribution >= 4 is 29.3 Å². The second-order valence-corrected chi connectivity index (χ2v) is 6.08. The molecule has 1 saturated heterocycles. The molecule has 25 heavy (non-hydrogen) atoms. The van der Waals surface area contributed by atoms with Gasteiger partial charge in [-0.2, -0.15) is 0 Å². The van der Waals surface area contributed by atoms with Crippen molar-refractivity contribution in [2.75, 3.05) is 18.4 Å². The Hall–Kier alpha value is -2.24. The molecule has 0 saturated carbocycles. The fourth-order valence-corrected chi connectivity index (χ4v) is 3.16. The average molecular weight is 359 g/mol. The molecule has 2 aromatic carbocycles. The fourth-order valence-electron chi connectivity index (χ4n) is 3.16. The molecule has 6 heteroatoms. The standard InChI is InChI=1S/C19H19FN4.ClH/c20-16-9-3-1-7-14(16)18-15-8-2-4-10-17(15)23-19(24-18)22-13-6-5-11-21-12-13;/h1-4,7-10,13,21H,5-6,11-12H2,(H,22,23,24);1H/t13-;/m0./s1. The maximum atomic E-state index is 14.3. The van der Waals surface area contributed by atoms with Crippen LogP contribution in [0.5, 0.6) is 0 Å². The van der Waals surface area contributed by atoms with E-state index in [-0.39, 0.29) is 18.2 Å². The Balaban J connectivity index is 0.00000182. The lowest BCUT2D eigenvalue weighted by molar-refractivity contribution is 0.478. The second-order valence-electron chi connectivity index (χ2n) is 6.08. The van der Waals surface area contributed by atoms with E-state index in [1.54, 1.807) is 12.1 Å². The van der Waals surface area contributed by atoms with Gasteiger partial charge in [0, 0.05) is 23.5 Å². The first-order valence-electron chi connectivity index (χ1n) is 8.30. The number of para-hydroxylation sites is 1. The van der Waals surface area contributed by atoms with Gasteiger partial charge in [-0.25, -0.2) is 14.4 Å². The zero-order chi connectivity index (χ0) is 16.4. The van der Waals surface area contributed by atoms with E-state index in [4.69, 9.17) is 0 Å². The van der Waals surface area contributed by atoms with Crippen LogP contribution in [-0.4, -0.2) is 29.1 Å². The molecule has 0 amide bonds.